The van der Waals surface area contributed by atoms with Crippen molar-refractivity contribution in [3.05, 3.63) is 46.4 Å². The third-order valence-electron chi connectivity index (χ3n) is 1.94. The van der Waals surface area contributed by atoms with E-state index in [1.807, 2.05) is 19.1 Å². The minimum Gasteiger partial charge on any atom is -0.311 e. The first-order valence-corrected chi connectivity index (χ1v) is 4.16. The zero-order valence-corrected chi connectivity index (χ0v) is 7.95. The van der Waals surface area contributed by atoms with E-state index in [-0.39, 0.29) is 5.56 Å². The highest BCUT2D eigenvalue weighted by atomic mass is 16.1. The lowest BCUT2D eigenvalue weighted by atomic mass is 10.1. The number of pyridine rings is 1. The van der Waals surface area contributed by atoms with Crippen LogP contribution in [0.2, 0.25) is 0 Å². The van der Waals surface area contributed by atoms with E-state index in [2.05, 4.69) is 6.58 Å². The van der Waals surface area contributed by atoms with E-state index in [0.717, 1.165) is 11.3 Å². The molecule has 68 valence electrons. The molecule has 1 heterocycles. The zero-order valence-electron chi connectivity index (χ0n) is 7.95. The highest BCUT2D eigenvalue weighted by Gasteiger charge is 2.00. The van der Waals surface area contributed by atoms with Crippen LogP contribution in [0.5, 0.6) is 0 Å². The molecule has 2 heteroatoms. The van der Waals surface area contributed by atoms with Crippen LogP contribution in [0.1, 0.15) is 18.2 Å². The van der Waals surface area contributed by atoms with Gasteiger partial charge in [-0.2, -0.15) is 0 Å². The van der Waals surface area contributed by atoms with E-state index in [0.29, 0.717) is 0 Å². The summed E-state index contributed by atoms with van der Waals surface area (Å²) in [5.41, 5.74) is 1.86. The summed E-state index contributed by atoms with van der Waals surface area (Å²) < 4.78 is 1.61. The Morgan fingerprint density at radius 3 is 2.69 bits per heavy atom. The lowest BCUT2D eigenvalue weighted by molar-refractivity contribution is 0.845. The minimum absolute atomic E-state index is 0.00120. The molecule has 0 saturated carbocycles. The van der Waals surface area contributed by atoms with Crippen molar-refractivity contribution in [3.8, 4) is 0 Å². The maximum absolute atomic E-state index is 11.3. The number of nitrogens with zero attached hydrogens (tertiary/aromatic N) is 1. The molecular formula is C11H13NO. The molecule has 0 aliphatic carbocycles. The van der Waals surface area contributed by atoms with Gasteiger partial charge in [-0.3, -0.25) is 4.79 Å². The van der Waals surface area contributed by atoms with Crippen LogP contribution in [0.15, 0.2) is 29.6 Å². The molecule has 0 saturated heterocycles. The van der Waals surface area contributed by atoms with Crippen molar-refractivity contribution in [2.75, 3.05) is 0 Å². The fourth-order valence-corrected chi connectivity index (χ4v) is 1.21. The predicted octanol–water partition coefficient (Wildman–Crippen LogP) is 2.06. The molecule has 1 aromatic heterocycles. The monoisotopic (exact) mass is 175 g/mol. The maximum atomic E-state index is 11.3. The molecule has 0 radical (unpaired) electrons. The zero-order chi connectivity index (χ0) is 9.84. The largest absolute Gasteiger partial charge is 0.311 e. The van der Waals surface area contributed by atoms with Crippen LogP contribution < -0.4 is 5.56 Å². The first-order valence-electron chi connectivity index (χ1n) is 4.16. The Balaban J connectivity index is 3.49. The fourth-order valence-electron chi connectivity index (χ4n) is 1.21. The Hall–Kier alpha value is -1.57. The lowest BCUT2D eigenvalue weighted by Gasteiger charge is -2.06. The van der Waals surface area contributed by atoms with Crippen LogP contribution in [0.4, 0.5) is 0 Å². The van der Waals surface area contributed by atoms with Crippen molar-refractivity contribution < 1.29 is 0 Å². The normalized spacial score (nSPS) is 10.6. The SMILES string of the molecule is C=Cc1ccc(=O)n(C)c1/C=C\C. The van der Waals surface area contributed by atoms with Crippen LogP contribution in [0.25, 0.3) is 12.2 Å². The van der Waals surface area contributed by atoms with Gasteiger partial charge >= 0.3 is 0 Å². The molecule has 13 heavy (non-hydrogen) atoms. The number of hydrogen-bond acceptors (Lipinski definition) is 1. The standard InChI is InChI=1S/C11H13NO/c1-4-6-10-9(5-2)7-8-11(13)12(10)3/h4-8H,2H2,1,3H3/b6-4-. The van der Waals surface area contributed by atoms with E-state index in [9.17, 15) is 4.79 Å². The second kappa shape index (κ2) is 3.90. The summed E-state index contributed by atoms with van der Waals surface area (Å²) in [5, 5.41) is 0. The van der Waals surface area contributed by atoms with Crippen molar-refractivity contribution in [3.63, 3.8) is 0 Å². The van der Waals surface area contributed by atoms with Gasteiger partial charge in [-0.05, 0) is 24.6 Å². The predicted molar refractivity (Wildman–Crippen MR) is 56.5 cm³/mol. The molecule has 0 fully saturated rings. The van der Waals surface area contributed by atoms with Crippen LogP contribution in [0.3, 0.4) is 0 Å². The van der Waals surface area contributed by atoms with Gasteiger partial charge in [-0.15, -0.1) is 0 Å². The maximum Gasteiger partial charge on any atom is 0.250 e. The summed E-state index contributed by atoms with van der Waals surface area (Å²) in [6, 6.07) is 3.33. The fraction of sp³-hybridized carbons (Fsp3) is 0.182. The van der Waals surface area contributed by atoms with Gasteiger partial charge in [-0.1, -0.05) is 18.7 Å². The summed E-state index contributed by atoms with van der Waals surface area (Å²) in [4.78, 5) is 11.3. The summed E-state index contributed by atoms with van der Waals surface area (Å²) in [7, 11) is 1.75. The van der Waals surface area contributed by atoms with Gasteiger partial charge in [0.2, 0.25) is 0 Å². The number of allylic oxidation sites excluding steroid dienone is 1. The van der Waals surface area contributed by atoms with Gasteiger partial charge < -0.3 is 4.57 Å². The van der Waals surface area contributed by atoms with Gasteiger partial charge in [0.1, 0.15) is 0 Å². The molecule has 0 spiro atoms. The molecule has 2 nitrogen and oxygen atoms in total. The molecule has 0 amide bonds. The smallest absolute Gasteiger partial charge is 0.250 e. The second-order valence-corrected chi connectivity index (χ2v) is 2.78. The quantitative estimate of drug-likeness (QED) is 0.674. The van der Waals surface area contributed by atoms with Crippen molar-refractivity contribution in [1.29, 1.82) is 0 Å². The topological polar surface area (TPSA) is 22.0 Å². The molecule has 0 N–H and O–H groups in total. The van der Waals surface area contributed by atoms with Gasteiger partial charge in [0, 0.05) is 13.1 Å². The van der Waals surface area contributed by atoms with E-state index >= 15 is 0 Å². The van der Waals surface area contributed by atoms with Gasteiger partial charge in [0.25, 0.3) is 5.56 Å². The molecule has 1 rings (SSSR count). The first kappa shape index (κ1) is 9.52. The van der Waals surface area contributed by atoms with Gasteiger partial charge in [-0.25, -0.2) is 0 Å². The Morgan fingerprint density at radius 1 is 1.46 bits per heavy atom. The average Bonchev–Trinajstić information content (AvgIpc) is 2.14. The Morgan fingerprint density at radius 2 is 2.15 bits per heavy atom. The average molecular weight is 175 g/mol. The minimum atomic E-state index is -0.00120. The Labute approximate surface area is 77.8 Å². The third kappa shape index (κ3) is 1.78. The molecule has 0 aromatic carbocycles. The number of aromatic nitrogens is 1. The van der Waals surface area contributed by atoms with Crippen molar-refractivity contribution in [2.45, 2.75) is 6.92 Å². The highest BCUT2D eigenvalue weighted by Crippen LogP contribution is 2.08. The van der Waals surface area contributed by atoms with Gasteiger partial charge in [0.05, 0.1) is 5.69 Å². The van der Waals surface area contributed by atoms with Crippen molar-refractivity contribution in [1.82, 2.24) is 4.57 Å². The molecule has 0 unspecified atom stereocenters. The molecule has 1 aromatic rings. The Kier molecular flexibility index (Phi) is 2.85. The summed E-state index contributed by atoms with van der Waals surface area (Å²) in [5.74, 6) is 0. The molecule has 0 atom stereocenters. The van der Waals surface area contributed by atoms with Crippen LogP contribution in [-0.2, 0) is 7.05 Å². The van der Waals surface area contributed by atoms with E-state index in [1.165, 1.54) is 0 Å². The summed E-state index contributed by atoms with van der Waals surface area (Å²) in [6.45, 7) is 5.62. The highest BCUT2D eigenvalue weighted by molar-refractivity contribution is 5.61. The van der Waals surface area contributed by atoms with Crippen LogP contribution >= 0.6 is 0 Å². The molecular weight excluding hydrogens is 162 g/mol. The first-order chi connectivity index (χ1) is 6.20. The molecule has 0 aliphatic rings. The van der Waals surface area contributed by atoms with Crippen molar-refractivity contribution >= 4 is 12.2 Å². The van der Waals surface area contributed by atoms with E-state index in [1.54, 1.807) is 29.8 Å². The van der Waals surface area contributed by atoms with E-state index in [4.69, 9.17) is 0 Å². The lowest BCUT2D eigenvalue weighted by Crippen LogP contribution is -2.18. The van der Waals surface area contributed by atoms with Crippen LogP contribution in [0, 0.1) is 0 Å². The summed E-state index contributed by atoms with van der Waals surface area (Å²) in [6.07, 6.45) is 5.55. The summed E-state index contributed by atoms with van der Waals surface area (Å²) >= 11 is 0. The molecule has 0 aliphatic heterocycles. The van der Waals surface area contributed by atoms with E-state index < -0.39 is 0 Å². The number of hydrogen-bond donors (Lipinski definition) is 0. The third-order valence-corrected chi connectivity index (χ3v) is 1.94. The van der Waals surface area contributed by atoms with Crippen molar-refractivity contribution in [2.24, 2.45) is 7.05 Å². The van der Waals surface area contributed by atoms with Crippen LogP contribution in [-0.4, -0.2) is 4.57 Å². The Bertz CT molecular complexity index is 399. The molecule has 0 bridgehead atoms. The van der Waals surface area contributed by atoms with Gasteiger partial charge in [0.15, 0.2) is 0 Å². The second-order valence-electron chi connectivity index (χ2n) is 2.78. The number of rotatable bonds is 2.